The van der Waals surface area contributed by atoms with E-state index in [9.17, 15) is 24.6 Å². The van der Waals surface area contributed by atoms with Crippen LogP contribution in [-0.2, 0) is 14.3 Å². The van der Waals surface area contributed by atoms with E-state index >= 15 is 0 Å². The molecular weight excluding hydrogens is 436 g/mol. The second-order valence-corrected chi connectivity index (χ2v) is 9.37. The van der Waals surface area contributed by atoms with Crippen molar-refractivity contribution in [2.24, 2.45) is 5.92 Å². The number of amides is 2. The van der Waals surface area contributed by atoms with E-state index in [1.54, 1.807) is 0 Å². The maximum Gasteiger partial charge on any atom is 0.407 e. The number of carboxylic acids is 1. The molecule has 5 rings (SSSR count). The summed E-state index contributed by atoms with van der Waals surface area (Å²) in [6, 6.07) is 14.1. The Kier molecular flexibility index (Phi) is 6.00. The van der Waals surface area contributed by atoms with E-state index in [2.05, 4.69) is 17.4 Å². The lowest BCUT2D eigenvalue weighted by Crippen LogP contribution is -2.56. The third kappa shape index (κ3) is 4.03. The van der Waals surface area contributed by atoms with Gasteiger partial charge in [-0.1, -0.05) is 55.0 Å². The highest BCUT2D eigenvalue weighted by atomic mass is 16.5. The molecule has 0 aromatic heterocycles. The number of carbonyl (C=O) groups is 3. The summed E-state index contributed by atoms with van der Waals surface area (Å²) in [6.07, 6.45) is 0.901. The molecule has 2 amide bonds. The average molecular weight is 465 g/mol. The number of likely N-dealkylation sites (tertiary alicyclic amines) is 1. The number of hydrogen-bond acceptors (Lipinski definition) is 5. The number of aliphatic hydroxyl groups is 1. The van der Waals surface area contributed by atoms with Crippen LogP contribution in [0.2, 0.25) is 0 Å². The van der Waals surface area contributed by atoms with Crippen molar-refractivity contribution in [1.29, 1.82) is 0 Å². The van der Waals surface area contributed by atoms with E-state index in [-0.39, 0.29) is 31.4 Å². The molecule has 34 heavy (non-hydrogen) atoms. The third-order valence-corrected chi connectivity index (χ3v) is 7.35. The molecule has 1 saturated heterocycles. The average Bonchev–Trinajstić information content (AvgIpc) is 3.34. The van der Waals surface area contributed by atoms with Crippen LogP contribution >= 0.6 is 0 Å². The monoisotopic (exact) mass is 464 g/mol. The molecule has 3 aliphatic rings. The van der Waals surface area contributed by atoms with Crippen molar-refractivity contribution in [2.45, 2.75) is 49.8 Å². The van der Waals surface area contributed by atoms with Crippen LogP contribution < -0.4 is 5.32 Å². The third-order valence-electron chi connectivity index (χ3n) is 7.35. The van der Waals surface area contributed by atoms with Gasteiger partial charge in [-0.05, 0) is 41.0 Å². The van der Waals surface area contributed by atoms with Gasteiger partial charge >= 0.3 is 12.1 Å². The van der Waals surface area contributed by atoms with Crippen LogP contribution in [0.1, 0.15) is 42.7 Å². The Bertz CT molecular complexity index is 1070. The van der Waals surface area contributed by atoms with Crippen LogP contribution in [0.15, 0.2) is 48.5 Å². The summed E-state index contributed by atoms with van der Waals surface area (Å²) in [6.45, 7) is 0.0804. The summed E-state index contributed by atoms with van der Waals surface area (Å²) in [4.78, 5) is 38.8. The van der Waals surface area contributed by atoms with Crippen LogP contribution in [0.5, 0.6) is 0 Å². The van der Waals surface area contributed by atoms with Gasteiger partial charge in [-0.25, -0.2) is 9.59 Å². The van der Waals surface area contributed by atoms with Gasteiger partial charge in [0.2, 0.25) is 5.91 Å². The Morgan fingerprint density at radius 2 is 1.65 bits per heavy atom. The molecule has 2 fully saturated rings. The number of nitrogens with one attached hydrogen (secondary N) is 1. The zero-order chi connectivity index (χ0) is 23.8. The maximum atomic E-state index is 13.2. The summed E-state index contributed by atoms with van der Waals surface area (Å²) < 4.78 is 5.61. The molecule has 0 radical (unpaired) electrons. The van der Waals surface area contributed by atoms with E-state index in [0.29, 0.717) is 0 Å². The number of β-amino-alcohol motifs (C(OH)–C–C–N with tert-alkyl or cyclic N) is 1. The fraction of sp³-hybridized carbons (Fsp3) is 0.423. The lowest BCUT2D eigenvalue weighted by atomic mass is 9.79. The van der Waals surface area contributed by atoms with E-state index in [4.69, 9.17) is 4.74 Å². The number of aliphatic hydroxyl groups excluding tert-OH is 1. The highest BCUT2D eigenvalue weighted by molar-refractivity contribution is 5.90. The Labute approximate surface area is 197 Å². The molecule has 1 aliphatic heterocycles. The molecule has 1 unspecified atom stereocenters. The van der Waals surface area contributed by atoms with Gasteiger partial charge in [0.1, 0.15) is 18.7 Å². The molecule has 3 N–H and O–H groups in total. The first-order valence-corrected chi connectivity index (χ1v) is 11.8. The lowest BCUT2D eigenvalue weighted by Gasteiger charge is -2.36. The SMILES string of the molecule is O=C(NC(C(=O)N1C[C@H](O)C[C@H]1C(=O)O)C1CCC1)OCC1c2ccccc2-c2ccccc21. The van der Waals surface area contributed by atoms with E-state index < -0.39 is 36.2 Å². The van der Waals surface area contributed by atoms with Gasteiger partial charge in [-0.3, -0.25) is 4.79 Å². The molecule has 0 bridgehead atoms. The normalized spacial score (nSPS) is 22.4. The van der Waals surface area contributed by atoms with Gasteiger partial charge in [0.25, 0.3) is 0 Å². The molecule has 8 heteroatoms. The highest BCUT2D eigenvalue weighted by Crippen LogP contribution is 2.44. The topological polar surface area (TPSA) is 116 Å². The predicted molar refractivity (Wildman–Crippen MR) is 123 cm³/mol. The molecule has 3 atom stereocenters. The Balaban J connectivity index is 1.28. The molecule has 1 saturated carbocycles. The van der Waals surface area contributed by atoms with Gasteiger partial charge in [0, 0.05) is 18.9 Å². The van der Waals surface area contributed by atoms with Crippen molar-refractivity contribution >= 4 is 18.0 Å². The van der Waals surface area contributed by atoms with Crippen LogP contribution in [0.4, 0.5) is 4.79 Å². The van der Waals surface area contributed by atoms with Crippen LogP contribution in [0.25, 0.3) is 11.1 Å². The molecule has 2 aromatic carbocycles. The van der Waals surface area contributed by atoms with Gasteiger partial charge in [0.15, 0.2) is 0 Å². The smallest absolute Gasteiger partial charge is 0.407 e. The minimum absolute atomic E-state index is 0.0105. The minimum Gasteiger partial charge on any atom is -0.480 e. The number of alkyl carbamates (subject to hydrolysis) is 1. The molecule has 0 spiro atoms. The van der Waals surface area contributed by atoms with Gasteiger partial charge in [0.05, 0.1) is 6.10 Å². The molecular formula is C26H28N2O6. The largest absolute Gasteiger partial charge is 0.480 e. The van der Waals surface area contributed by atoms with Gasteiger partial charge in [-0.15, -0.1) is 0 Å². The Morgan fingerprint density at radius 3 is 2.21 bits per heavy atom. The Morgan fingerprint density at radius 1 is 1.03 bits per heavy atom. The Hall–Kier alpha value is -3.39. The van der Waals surface area contributed by atoms with Crippen molar-refractivity contribution in [3.8, 4) is 11.1 Å². The van der Waals surface area contributed by atoms with E-state index in [1.807, 2.05) is 36.4 Å². The number of hydrogen-bond donors (Lipinski definition) is 3. The summed E-state index contributed by atoms with van der Waals surface area (Å²) in [5, 5.41) is 22.1. The molecule has 8 nitrogen and oxygen atoms in total. The molecule has 1 heterocycles. The number of carbonyl (C=O) groups excluding carboxylic acids is 2. The number of fused-ring (bicyclic) bond motifs is 3. The number of rotatable bonds is 6. The van der Waals surface area contributed by atoms with Crippen molar-refractivity contribution in [3.05, 3.63) is 59.7 Å². The highest BCUT2D eigenvalue weighted by Gasteiger charge is 2.44. The first kappa shape index (κ1) is 22.4. The minimum atomic E-state index is -1.15. The van der Waals surface area contributed by atoms with Crippen molar-refractivity contribution in [2.75, 3.05) is 13.2 Å². The summed E-state index contributed by atoms with van der Waals surface area (Å²) in [5.41, 5.74) is 4.45. The van der Waals surface area contributed by atoms with E-state index in [1.165, 1.54) is 4.90 Å². The number of nitrogens with zero attached hydrogens (tertiary/aromatic N) is 1. The fourth-order valence-corrected chi connectivity index (χ4v) is 5.39. The first-order valence-electron chi connectivity index (χ1n) is 11.8. The summed E-state index contributed by atoms with van der Waals surface area (Å²) in [7, 11) is 0. The second-order valence-electron chi connectivity index (χ2n) is 9.37. The maximum absolute atomic E-state index is 13.2. The summed E-state index contributed by atoms with van der Waals surface area (Å²) in [5.74, 6) is -1.79. The van der Waals surface area contributed by atoms with Crippen LogP contribution in [-0.4, -0.2) is 64.4 Å². The van der Waals surface area contributed by atoms with Crippen LogP contribution in [0.3, 0.4) is 0 Å². The number of carboxylic acid groups (broad SMARTS) is 1. The molecule has 2 aliphatic carbocycles. The van der Waals surface area contributed by atoms with Gasteiger partial charge in [-0.2, -0.15) is 0 Å². The lowest BCUT2D eigenvalue weighted by molar-refractivity contribution is -0.149. The molecule has 2 aromatic rings. The zero-order valence-corrected chi connectivity index (χ0v) is 18.7. The zero-order valence-electron chi connectivity index (χ0n) is 18.7. The number of ether oxygens (including phenoxy) is 1. The predicted octanol–water partition coefficient (Wildman–Crippen LogP) is 2.74. The van der Waals surface area contributed by atoms with Crippen LogP contribution in [0, 0.1) is 5.92 Å². The van der Waals surface area contributed by atoms with E-state index in [0.717, 1.165) is 41.5 Å². The number of benzene rings is 2. The number of aliphatic carboxylic acids is 1. The summed E-state index contributed by atoms with van der Waals surface area (Å²) >= 11 is 0. The second kappa shape index (κ2) is 9.10. The fourth-order valence-electron chi connectivity index (χ4n) is 5.39. The van der Waals surface area contributed by atoms with Gasteiger partial charge < -0.3 is 25.2 Å². The standard InChI is InChI=1S/C26H28N2O6/c29-16-12-22(25(31)32)28(13-16)24(30)23(15-6-5-7-15)27-26(33)34-14-21-19-10-3-1-8-17(19)18-9-2-4-11-20(18)21/h1-4,8-11,15-16,21-23,29H,5-7,12-14H2,(H,27,33)(H,31,32)/t16-,22+,23?/m1/s1. The first-order chi connectivity index (χ1) is 16.4. The van der Waals surface area contributed by atoms with Crippen molar-refractivity contribution in [1.82, 2.24) is 10.2 Å². The van der Waals surface area contributed by atoms with Crippen molar-refractivity contribution in [3.63, 3.8) is 0 Å². The van der Waals surface area contributed by atoms with Crippen molar-refractivity contribution < 1.29 is 29.3 Å². The molecule has 178 valence electrons. The quantitative estimate of drug-likeness (QED) is 0.605.